The van der Waals surface area contributed by atoms with E-state index in [0.29, 0.717) is 12.5 Å². The first-order chi connectivity index (χ1) is 6.46. The van der Waals surface area contributed by atoms with Gasteiger partial charge in [0.2, 0.25) is 0 Å². The van der Waals surface area contributed by atoms with Crippen molar-refractivity contribution in [3.63, 3.8) is 0 Å². The highest BCUT2D eigenvalue weighted by molar-refractivity contribution is 5.80. The molecule has 0 aromatic carbocycles. The van der Waals surface area contributed by atoms with E-state index in [0.717, 1.165) is 13.0 Å². The van der Waals surface area contributed by atoms with E-state index in [9.17, 15) is 4.79 Å². The molecule has 3 heteroatoms. The summed E-state index contributed by atoms with van der Waals surface area (Å²) in [5, 5.41) is 3.26. The van der Waals surface area contributed by atoms with Crippen LogP contribution in [0.1, 0.15) is 41.0 Å². The predicted molar refractivity (Wildman–Crippen MR) is 58.2 cm³/mol. The van der Waals surface area contributed by atoms with Gasteiger partial charge in [-0.05, 0) is 32.7 Å². The molecule has 1 N–H and O–H groups in total. The van der Waals surface area contributed by atoms with Gasteiger partial charge in [0, 0.05) is 0 Å². The maximum Gasteiger partial charge on any atom is 0.326 e. The fraction of sp³-hybridized carbons (Fsp3) is 0.909. The molecule has 0 saturated heterocycles. The smallest absolute Gasteiger partial charge is 0.326 e. The van der Waals surface area contributed by atoms with E-state index in [1.807, 2.05) is 20.8 Å². The molecule has 0 radical (unpaired) electrons. The molecule has 84 valence electrons. The molecule has 1 atom stereocenters. The normalized spacial score (nSPS) is 15.3. The number of esters is 1. The minimum Gasteiger partial charge on any atom is -0.465 e. The molecule has 0 spiro atoms. The third-order valence-electron chi connectivity index (χ3n) is 2.33. The first-order valence-electron chi connectivity index (χ1n) is 5.38. The first-order valence-corrected chi connectivity index (χ1v) is 5.38. The number of nitrogens with one attached hydrogen (secondary N) is 1. The van der Waals surface area contributed by atoms with Crippen LogP contribution in [-0.4, -0.2) is 24.7 Å². The van der Waals surface area contributed by atoms with Crippen molar-refractivity contribution in [2.75, 3.05) is 13.2 Å². The molecule has 0 aliphatic heterocycles. The van der Waals surface area contributed by atoms with Gasteiger partial charge in [0.15, 0.2) is 0 Å². The van der Waals surface area contributed by atoms with Gasteiger partial charge in [0.1, 0.15) is 5.54 Å². The summed E-state index contributed by atoms with van der Waals surface area (Å²) in [6.45, 7) is 11.2. The Morgan fingerprint density at radius 3 is 2.36 bits per heavy atom. The Morgan fingerprint density at radius 1 is 1.43 bits per heavy atom. The van der Waals surface area contributed by atoms with Crippen LogP contribution in [0.25, 0.3) is 0 Å². The third kappa shape index (κ3) is 4.09. The Balaban J connectivity index is 4.23. The summed E-state index contributed by atoms with van der Waals surface area (Å²) in [7, 11) is 0. The molecule has 0 saturated carbocycles. The minimum absolute atomic E-state index is 0.150. The van der Waals surface area contributed by atoms with Crippen LogP contribution in [0.4, 0.5) is 0 Å². The zero-order chi connectivity index (χ0) is 11.2. The van der Waals surface area contributed by atoms with Crippen LogP contribution >= 0.6 is 0 Å². The molecule has 0 aliphatic carbocycles. The fourth-order valence-electron chi connectivity index (χ4n) is 1.06. The van der Waals surface area contributed by atoms with E-state index in [-0.39, 0.29) is 5.97 Å². The van der Waals surface area contributed by atoms with Gasteiger partial charge in [0.05, 0.1) is 6.61 Å². The lowest BCUT2D eigenvalue weighted by atomic mass is 9.98. The largest absolute Gasteiger partial charge is 0.465 e. The second-order valence-corrected chi connectivity index (χ2v) is 4.18. The van der Waals surface area contributed by atoms with E-state index < -0.39 is 5.54 Å². The number of carbonyl (C=O) groups excluding carboxylic acids is 1. The molecular formula is C11H23NO2. The quantitative estimate of drug-likeness (QED) is 0.668. The molecular weight excluding hydrogens is 178 g/mol. The van der Waals surface area contributed by atoms with Crippen molar-refractivity contribution < 1.29 is 9.53 Å². The van der Waals surface area contributed by atoms with Gasteiger partial charge in [-0.15, -0.1) is 0 Å². The zero-order valence-electron chi connectivity index (χ0n) is 10.0. The average Bonchev–Trinajstić information content (AvgIpc) is 2.14. The topological polar surface area (TPSA) is 38.3 Å². The van der Waals surface area contributed by atoms with Crippen LogP contribution in [0, 0.1) is 5.92 Å². The number of ether oxygens (including phenoxy) is 1. The lowest BCUT2D eigenvalue weighted by Crippen LogP contribution is -2.51. The van der Waals surface area contributed by atoms with E-state index in [1.165, 1.54) is 0 Å². The van der Waals surface area contributed by atoms with Crippen LogP contribution in [0.2, 0.25) is 0 Å². The van der Waals surface area contributed by atoms with Gasteiger partial charge < -0.3 is 10.1 Å². The molecule has 0 fully saturated rings. The van der Waals surface area contributed by atoms with Crippen molar-refractivity contribution in [1.82, 2.24) is 5.32 Å². The Hall–Kier alpha value is -0.570. The van der Waals surface area contributed by atoms with Crippen LogP contribution in [0.15, 0.2) is 0 Å². The second kappa shape index (κ2) is 6.02. The summed E-state index contributed by atoms with van der Waals surface area (Å²) < 4.78 is 5.03. The van der Waals surface area contributed by atoms with Crippen molar-refractivity contribution in [3.8, 4) is 0 Å². The lowest BCUT2D eigenvalue weighted by molar-refractivity contribution is -0.150. The maximum atomic E-state index is 11.6. The van der Waals surface area contributed by atoms with E-state index >= 15 is 0 Å². The monoisotopic (exact) mass is 201 g/mol. The van der Waals surface area contributed by atoms with Crippen molar-refractivity contribution >= 4 is 5.97 Å². The van der Waals surface area contributed by atoms with E-state index in [1.54, 1.807) is 0 Å². The van der Waals surface area contributed by atoms with Gasteiger partial charge in [0.25, 0.3) is 0 Å². The van der Waals surface area contributed by atoms with E-state index in [4.69, 9.17) is 4.74 Å². The SMILES string of the molecule is CCOC(=O)C(C)(CC)NCC(C)C. The van der Waals surface area contributed by atoms with Gasteiger partial charge in [-0.1, -0.05) is 20.8 Å². The van der Waals surface area contributed by atoms with Gasteiger partial charge in [-0.2, -0.15) is 0 Å². The molecule has 3 nitrogen and oxygen atoms in total. The summed E-state index contributed by atoms with van der Waals surface area (Å²) in [6.07, 6.45) is 0.749. The Labute approximate surface area is 87.2 Å². The summed E-state index contributed by atoms with van der Waals surface area (Å²) in [5.74, 6) is 0.387. The van der Waals surface area contributed by atoms with Crippen molar-refractivity contribution in [1.29, 1.82) is 0 Å². The molecule has 0 bridgehead atoms. The maximum absolute atomic E-state index is 11.6. The molecule has 0 aromatic rings. The lowest BCUT2D eigenvalue weighted by Gasteiger charge is -2.28. The Bertz CT molecular complexity index is 180. The highest BCUT2D eigenvalue weighted by atomic mass is 16.5. The van der Waals surface area contributed by atoms with Crippen molar-refractivity contribution in [2.24, 2.45) is 5.92 Å². The predicted octanol–water partition coefficient (Wildman–Crippen LogP) is 1.96. The average molecular weight is 201 g/mol. The molecule has 1 unspecified atom stereocenters. The minimum atomic E-state index is -0.527. The molecule has 0 heterocycles. The highest BCUT2D eigenvalue weighted by Gasteiger charge is 2.32. The molecule has 0 aromatic heterocycles. The molecule has 0 amide bonds. The first kappa shape index (κ1) is 13.4. The highest BCUT2D eigenvalue weighted by Crippen LogP contribution is 2.12. The Kier molecular flexibility index (Phi) is 5.77. The van der Waals surface area contributed by atoms with Crippen molar-refractivity contribution in [3.05, 3.63) is 0 Å². The summed E-state index contributed by atoms with van der Waals surface area (Å²) in [4.78, 5) is 11.6. The zero-order valence-corrected chi connectivity index (χ0v) is 10.0. The molecule has 14 heavy (non-hydrogen) atoms. The molecule has 0 aliphatic rings. The van der Waals surface area contributed by atoms with Gasteiger partial charge in [-0.25, -0.2) is 0 Å². The van der Waals surface area contributed by atoms with E-state index in [2.05, 4.69) is 19.2 Å². The summed E-state index contributed by atoms with van der Waals surface area (Å²) in [6, 6.07) is 0. The van der Waals surface area contributed by atoms with Crippen LogP contribution in [0.5, 0.6) is 0 Å². The van der Waals surface area contributed by atoms with Gasteiger partial charge in [-0.3, -0.25) is 4.79 Å². The number of hydrogen-bond donors (Lipinski definition) is 1. The standard InChI is InChI=1S/C11H23NO2/c1-6-11(5,10(13)14-7-2)12-8-9(3)4/h9,12H,6-8H2,1-5H3. The van der Waals surface area contributed by atoms with Crippen LogP contribution in [-0.2, 0) is 9.53 Å². The van der Waals surface area contributed by atoms with Crippen LogP contribution < -0.4 is 5.32 Å². The van der Waals surface area contributed by atoms with Crippen molar-refractivity contribution in [2.45, 2.75) is 46.6 Å². The third-order valence-corrected chi connectivity index (χ3v) is 2.33. The number of rotatable bonds is 6. The van der Waals surface area contributed by atoms with Crippen LogP contribution in [0.3, 0.4) is 0 Å². The molecule has 0 rings (SSSR count). The van der Waals surface area contributed by atoms with Gasteiger partial charge >= 0.3 is 5.97 Å². The number of carbonyl (C=O) groups is 1. The summed E-state index contributed by atoms with van der Waals surface area (Å²) >= 11 is 0. The number of hydrogen-bond acceptors (Lipinski definition) is 3. The Morgan fingerprint density at radius 2 is 2.00 bits per heavy atom. The summed E-state index contributed by atoms with van der Waals surface area (Å²) in [5.41, 5.74) is -0.527. The second-order valence-electron chi connectivity index (χ2n) is 4.18. The fourth-order valence-corrected chi connectivity index (χ4v) is 1.06.